The number of carboxylic acids is 2. The molecule has 0 aliphatic rings. The molecule has 0 saturated heterocycles. The minimum atomic E-state index is -2.27. The van der Waals surface area contributed by atoms with Gasteiger partial charge in [-0.3, -0.25) is 0 Å². The summed E-state index contributed by atoms with van der Waals surface area (Å²) < 4.78 is 0. The van der Waals surface area contributed by atoms with Crippen LogP contribution in [0.25, 0.3) is 0 Å². The molecular weight excluding hydrogens is 209 g/mol. The summed E-state index contributed by atoms with van der Waals surface area (Å²) in [5.74, 6) is -3.54. The Hall–Kier alpha value is -0.517. The number of rotatable bonds is 3. The zero-order chi connectivity index (χ0) is 8.31. The van der Waals surface area contributed by atoms with E-state index in [1.807, 2.05) is 0 Å². The third-order valence-corrected chi connectivity index (χ3v) is 0.805. The fraction of sp³-hybridized carbons (Fsp3) is 0.500. The molecule has 2 atom stereocenters. The zero-order valence-electron chi connectivity index (χ0n) is 5.47. The smallest absolute Gasteiger partial charge is 0.335 e. The second-order valence-corrected chi connectivity index (χ2v) is 1.57. The average molecular weight is 215 g/mol. The van der Waals surface area contributed by atoms with Gasteiger partial charge < -0.3 is 20.4 Å². The van der Waals surface area contributed by atoms with Crippen molar-refractivity contribution >= 4 is 11.9 Å². The zero-order valence-corrected chi connectivity index (χ0v) is 8.43. The molecule has 0 spiro atoms. The molecular formula is C4H6O6Zn. The molecule has 11 heavy (non-hydrogen) atoms. The Labute approximate surface area is 74.2 Å². The van der Waals surface area contributed by atoms with Crippen molar-refractivity contribution < 1.29 is 49.5 Å². The standard InChI is InChI=1S/C4H6O6.Zn/c5-1(3(7)8)2(6)4(9)10;/h1-2,5-6H,(H,7,8)(H,9,10);. The van der Waals surface area contributed by atoms with E-state index in [1.165, 1.54) is 0 Å². The second-order valence-electron chi connectivity index (χ2n) is 1.57. The van der Waals surface area contributed by atoms with E-state index in [9.17, 15) is 9.59 Å². The van der Waals surface area contributed by atoms with Crippen molar-refractivity contribution in [3.05, 3.63) is 0 Å². The largest absolute Gasteiger partial charge is 0.479 e. The van der Waals surface area contributed by atoms with Crippen LogP contribution in [0.3, 0.4) is 0 Å². The van der Waals surface area contributed by atoms with Crippen LogP contribution in [-0.4, -0.2) is 44.6 Å². The SMILES string of the molecule is O=C(O)C(O)C(O)C(=O)O.[Zn]. The summed E-state index contributed by atoms with van der Waals surface area (Å²) in [7, 11) is 0. The molecule has 0 bridgehead atoms. The molecule has 0 rings (SSSR count). The number of hydrogen-bond donors (Lipinski definition) is 4. The molecule has 2 unspecified atom stereocenters. The van der Waals surface area contributed by atoms with Crippen LogP contribution in [-0.2, 0) is 29.1 Å². The van der Waals surface area contributed by atoms with Crippen LogP contribution in [0.2, 0.25) is 0 Å². The minimum Gasteiger partial charge on any atom is -0.479 e. The van der Waals surface area contributed by atoms with Crippen LogP contribution < -0.4 is 0 Å². The van der Waals surface area contributed by atoms with E-state index in [2.05, 4.69) is 0 Å². The summed E-state index contributed by atoms with van der Waals surface area (Å²) >= 11 is 0. The van der Waals surface area contributed by atoms with E-state index in [-0.39, 0.29) is 19.5 Å². The summed E-state index contributed by atoms with van der Waals surface area (Å²) in [4.78, 5) is 19.5. The molecule has 0 aromatic heterocycles. The predicted octanol–water partition coefficient (Wildman–Crippen LogP) is -2.13. The Morgan fingerprint density at radius 3 is 1.18 bits per heavy atom. The molecule has 4 N–H and O–H groups in total. The molecule has 0 fully saturated rings. The van der Waals surface area contributed by atoms with Crippen molar-refractivity contribution in [2.24, 2.45) is 0 Å². The molecule has 0 amide bonds. The van der Waals surface area contributed by atoms with E-state index in [0.717, 1.165) is 0 Å². The Kier molecular flexibility index (Phi) is 6.16. The quantitative estimate of drug-likeness (QED) is 0.400. The molecule has 7 heteroatoms. The summed E-state index contributed by atoms with van der Waals surface area (Å²) in [5.41, 5.74) is 0. The number of aliphatic hydroxyl groups excluding tert-OH is 2. The van der Waals surface area contributed by atoms with E-state index in [1.54, 1.807) is 0 Å². The van der Waals surface area contributed by atoms with Gasteiger partial charge in [0.1, 0.15) is 0 Å². The van der Waals surface area contributed by atoms with Gasteiger partial charge in [-0.1, -0.05) is 0 Å². The van der Waals surface area contributed by atoms with Crippen LogP contribution in [0.4, 0.5) is 0 Å². The summed E-state index contributed by atoms with van der Waals surface area (Å²) in [6, 6.07) is 0. The predicted molar refractivity (Wildman–Crippen MR) is 27.3 cm³/mol. The first-order valence-electron chi connectivity index (χ1n) is 2.28. The molecule has 6 nitrogen and oxygen atoms in total. The number of aliphatic carboxylic acids is 2. The average Bonchev–Trinajstić information content (AvgIpc) is 1.84. The van der Waals surface area contributed by atoms with Crippen molar-refractivity contribution in [2.45, 2.75) is 12.2 Å². The maximum Gasteiger partial charge on any atom is 0.335 e. The van der Waals surface area contributed by atoms with Gasteiger partial charge in [-0.05, 0) is 0 Å². The normalized spacial score (nSPS) is 14.4. The van der Waals surface area contributed by atoms with Gasteiger partial charge in [0, 0.05) is 19.5 Å². The third kappa shape index (κ3) is 4.03. The van der Waals surface area contributed by atoms with Crippen molar-refractivity contribution in [2.75, 3.05) is 0 Å². The van der Waals surface area contributed by atoms with Crippen molar-refractivity contribution in [3.63, 3.8) is 0 Å². The number of carboxylic acid groups (broad SMARTS) is 2. The van der Waals surface area contributed by atoms with Crippen LogP contribution >= 0.6 is 0 Å². The fourth-order valence-corrected chi connectivity index (χ4v) is 0.270. The van der Waals surface area contributed by atoms with Crippen molar-refractivity contribution in [1.82, 2.24) is 0 Å². The maximum absolute atomic E-state index is 9.77. The first-order chi connectivity index (χ1) is 4.46. The Bertz CT molecular complexity index is 139. The summed E-state index contributed by atoms with van der Waals surface area (Å²) in [6.07, 6.45) is -4.53. The first-order valence-corrected chi connectivity index (χ1v) is 2.28. The fourth-order valence-electron chi connectivity index (χ4n) is 0.270. The van der Waals surface area contributed by atoms with Crippen LogP contribution in [0.5, 0.6) is 0 Å². The molecule has 0 aliphatic carbocycles. The molecule has 60 valence electrons. The number of carbonyl (C=O) groups is 2. The topological polar surface area (TPSA) is 115 Å². The first kappa shape index (κ1) is 13.1. The molecule has 0 saturated carbocycles. The second kappa shape index (κ2) is 5.18. The van der Waals surface area contributed by atoms with Gasteiger partial charge in [0.25, 0.3) is 0 Å². The molecule has 0 aromatic rings. The maximum atomic E-state index is 9.77. The van der Waals surface area contributed by atoms with Crippen LogP contribution in [0.15, 0.2) is 0 Å². The van der Waals surface area contributed by atoms with Crippen LogP contribution in [0.1, 0.15) is 0 Å². The van der Waals surface area contributed by atoms with Gasteiger partial charge in [0.2, 0.25) is 0 Å². The van der Waals surface area contributed by atoms with E-state index < -0.39 is 24.1 Å². The monoisotopic (exact) mass is 214 g/mol. The number of hydrogen-bond acceptors (Lipinski definition) is 4. The Balaban J connectivity index is 0. The summed E-state index contributed by atoms with van der Waals surface area (Å²) in [5, 5.41) is 32.5. The van der Waals surface area contributed by atoms with Gasteiger partial charge in [-0.25, -0.2) is 9.59 Å². The van der Waals surface area contributed by atoms with Gasteiger partial charge in [0.15, 0.2) is 12.2 Å². The van der Waals surface area contributed by atoms with E-state index >= 15 is 0 Å². The molecule has 0 radical (unpaired) electrons. The van der Waals surface area contributed by atoms with Gasteiger partial charge in [0.05, 0.1) is 0 Å². The Morgan fingerprint density at radius 2 is 1.09 bits per heavy atom. The van der Waals surface area contributed by atoms with Crippen molar-refractivity contribution in [1.29, 1.82) is 0 Å². The molecule has 0 heterocycles. The number of aliphatic hydroxyl groups is 2. The van der Waals surface area contributed by atoms with Crippen molar-refractivity contribution in [3.8, 4) is 0 Å². The molecule has 0 aromatic carbocycles. The van der Waals surface area contributed by atoms with Crippen LogP contribution in [0, 0.1) is 0 Å². The minimum absolute atomic E-state index is 0. The molecule has 0 aliphatic heterocycles. The summed E-state index contributed by atoms with van der Waals surface area (Å²) in [6.45, 7) is 0. The van der Waals surface area contributed by atoms with Gasteiger partial charge in [-0.2, -0.15) is 0 Å². The Morgan fingerprint density at radius 1 is 0.909 bits per heavy atom. The van der Waals surface area contributed by atoms with E-state index in [4.69, 9.17) is 20.4 Å². The third-order valence-electron chi connectivity index (χ3n) is 0.805. The van der Waals surface area contributed by atoms with Gasteiger partial charge >= 0.3 is 11.9 Å². The van der Waals surface area contributed by atoms with E-state index in [0.29, 0.717) is 0 Å². The van der Waals surface area contributed by atoms with Gasteiger partial charge in [-0.15, -0.1) is 0 Å².